The summed E-state index contributed by atoms with van der Waals surface area (Å²) in [6.07, 6.45) is 7.75. The van der Waals surface area contributed by atoms with E-state index in [9.17, 15) is 8.42 Å². The number of rotatable bonds is 5. The Labute approximate surface area is 119 Å². The third-order valence-corrected chi connectivity index (χ3v) is 4.99. The van der Waals surface area contributed by atoms with Crippen molar-refractivity contribution in [3.63, 3.8) is 0 Å². The summed E-state index contributed by atoms with van der Waals surface area (Å²) < 4.78 is 27.8. The Morgan fingerprint density at radius 1 is 1.11 bits per heavy atom. The molecule has 1 saturated carbocycles. The number of benzene rings is 1. The molecule has 0 radical (unpaired) electrons. The first-order valence-corrected chi connectivity index (χ1v) is 9.04. The molecule has 5 heteroatoms. The molecule has 0 unspecified atom stereocenters. The maximum Gasteiger partial charge on any atom is 0.261 e. The van der Waals surface area contributed by atoms with Gasteiger partial charge in [-0.2, -0.15) is 0 Å². The first kappa shape index (κ1) is 14.7. The second-order valence-corrected chi connectivity index (χ2v) is 7.62. The molecule has 0 N–H and O–H groups in total. The standard InChI is InChI=1S/C14H19ClO3S/c15-19(16,17)14-8-6-13(7-9-14)18-11-10-12-4-2-1-3-5-12/h6-9,12H,1-5,10-11H2. The Morgan fingerprint density at radius 2 is 1.74 bits per heavy atom. The fraction of sp³-hybridized carbons (Fsp3) is 0.571. The summed E-state index contributed by atoms with van der Waals surface area (Å²) in [5.74, 6) is 1.48. The second-order valence-electron chi connectivity index (χ2n) is 5.05. The Bertz CT molecular complexity index is 490. The van der Waals surface area contributed by atoms with Crippen molar-refractivity contribution in [2.45, 2.75) is 43.4 Å². The summed E-state index contributed by atoms with van der Waals surface area (Å²) >= 11 is 0. The van der Waals surface area contributed by atoms with Gasteiger partial charge >= 0.3 is 0 Å². The number of hydrogen-bond donors (Lipinski definition) is 0. The Balaban J connectivity index is 1.80. The van der Waals surface area contributed by atoms with Gasteiger partial charge in [-0.3, -0.25) is 0 Å². The van der Waals surface area contributed by atoms with Gasteiger partial charge in [0.2, 0.25) is 0 Å². The monoisotopic (exact) mass is 302 g/mol. The largest absolute Gasteiger partial charge is 0.494 e. The summed E-state index contributed by atoms with van der Waals surface area (Å²) in [5, 5.41) is 0. The van der Waals surface area contributed by atoms with Crippen molar-refractivity contribution in [1.29, 1.82) is 0 Å². The molecule has 1 aromatic carbocycles. The molecule has 19 heavy (non-hydrogen) atoms. The molecular weight excluding hydrogens is 284 g/mol. The molecule has 0 atom stereocenters. The van der Waals surface area contributed by atoms with Gasteiger partial charge in [0.15, 0.2) is 0 Å². The lowest BCUT2D eigenvalue weighted by Gasteiger charge is -2.21. The maximum atomic E-state index is 11.1. The van der Waals surface area contributed by atoms with E-state index >= 15 is 0 Å². The third-order valence-electron chi connectivity index (χ3n) is 3.62. The van der Waals surface area contributed by atoms with Crippen LogP contribution >= 0.6 is 10.7 Å². The predicted octanol–water partition coefficient (Wildman–Crippen LogP) is 3.96. The molecule has 1 fully saturated rings. The second kappa shape index (κ2) is 6.62. The highest BCUT2D eigenvalue weighted by atomic mass is 35.7. The Morgan fingerprint density at radius 3 is 2.32 bits per heavy atom. The first-order valence-electron chi connectivity index (χ1n) is 6.73. The molecule has 0 aliphatic heterocycles. The van der Waals surface area contributed by atoms with Crippen molar-refractivity contribution in [3.05, 3.63) is 24.3 Å². The quantitative estimate of drug-likeness (QED) is 0.773. The lowest BCUT2D eigenvalue weighted by atomic mass is 9.87. The molecule has 1 aromatic rings. The topological polar surface area (TPSA) is 43.4 Å². The van der Waals surface area contributed by atoms with Crippen LogP contribution in [0.5, 0.6) is 5.75 Å². The number of ether oxygens (including phenoxy) is 1. The van der Waals surface area contributed by atoms with Crippen molar-refractivity contribution in [2.75, 3.05) is 6.61 Å². The van der Waals surface area contributed by atoms with Crippen molar-refractivity contribution < 1.29 is 13.2 Å². The van der Waals surface area contributed by atoms with Crippen molar-refractivity contribution in [2.24, 2.45) is 5.92 Å². The van der Waals surface area contributed by atoms with E-state index in [1.165, 1.54) is 44.2 Å². The minimum absolute atomic E-state index is 0.105. The van der Waals surface area contributed by atoms with Gasteiger partial charge in [-0.25, -0.2) is 8.42 Å². The Hall–Kier alpha value is -0.740. The minimum atomic E-state index is -3.64. The zero-order valence-corrected chi connectivity index (χ0v) is 12.4. The molecule has 1 aliphatic carbocycles. The maximum absolute atomic E-state index is 11.1. The van der Waals surface area contributed by atoms with Gasteiger partial charge in [-0.05, 0) is 36.6 Å². The van der Waals surface area contributed by atoms with Crippen LogP contribution in [0.3, 0.4) is 0 Å². The lowest BCUT2D eigenvalue weighted by Crippen LogP contribution is -2.10. The third kappa shape index (κ3) is 4.69. The summed E-state index contributed by atoms with van der Waals surface area (Å²) in [6.45, 7) is 0.692. The molecule has 0 saturated heterocycles. The Kier molecular flexibility index (Phi) is 5.11. The molecule has 106 valence electrons. The zero-order valence-electron chi connectivity index (χ0n) is 10.8. The van der Waals surface area contributed by atoms with E-state index in [0.29, 0.717) is 12.4 Å². The van der Waals surface area contributed by atoms with E-state index in [-0.39, 0.29) is 4.90 Å². The van der Waals surface area contributed by atoms with Crippen LogP contribution < -0.4 is 4.74 Å². The van der Waals surface area contributed by atoms with Gasteiger partial charge in [0.25, 0.3) is 9.05 Å². The van der Waals surface area contributed by atoms with E-state index in [4.69, 9.17) is 15.4 Å². The van der Waals surface area contributed by atoms with Crippen LogP contribution in [-0.4, -0.2) is 15.0 Å². The molecular formula is C14H19ClO3S. The summed E-state index contributed by atoms with van der Waals surface area (Å²) in [7, 11) is 1.61. The van der Waals surface area contributed by atoms with E-state index in [2.05, 4.69) is 0 Å². The summed E-state index contributed by atoms with van der Waals surface area (Å²) in [5.41, 5.74) is 0. The smallest absolute Gasteiger partial charge is 0.261 e. The molecule has 1 aliphatic rings. The van der Waals surface area contributed by atoms with E-state index < -0.39 is 9.05 Å². The van der Waals surface area contributed by atoms with E-state index in [0.717, 1.165) is 12.3 Å². The van der Waals surface area contributed by atoms with Crippen LogP contribution in [0.25, 0.3) is 0 Å². The minimum Gasteiger partial charge on any atom is -0.494 e. The van der Waals surface area contributed by atoms with Gasteiger partial charge in [-0.15, -0.1) is 0 Å². The van der Waals surface area contributed by atoms with Crippen LogP contribution in [-0.2, 0) is 9.05 Å². The SMILES string of the molecule is O=S(=O)(Cl)c1ccc(OCCC2CCCCC2)cc1. The van der Waals surface area contributed by atoms with Crippen LogP contribution in [0, 0.1) is 5.92 Å². The normalized spacial score (nSPS) is 17.3. The number of halogens is 1. The predicted molar refractivity (Wildman–Crippen MR) is 76.2 cm³/mol. The van der Waals surface area contributed by atoms with Gasteiger partial charge in [-0.1, -0.05) is 32.1 Å². The average molecular weight is 303 g/mol. The van der Waals surface area contributed by atoms with Gasteiger partial charge < -0.3 is 4.74 Å². The fourth-order valence-electron chi connectivity index (χ4n) is 2.52. The average Bonchev–Trinajstić information content (AvgIpc) is 2.39. The van der Waals surface area contributed by atoms with E-state index in [1.807, 2.05) is 0 Å². The van der Waals surface area contributed by atoms with Crippen LogP contribution in [0.1, 0.15) is 38.5 Å². The molecule has 0 aromatic heterocycles. The number of hydrogen-bond acceptors (Lipinski definition) is 3. The van der Waals surface area contributed by atoms with Crippen molar-refractivity contribution in [3.8, 4) is 5.75 Å². The zero-order chi connectivity index (χ0) is 13.7. The molecule has 0 spiro atoms. The lowest BCUT2D eigenvalue weighted by molar-refractivity contribution is 0.246. The van der Waals surface area contributed by atoms with Crippen LogP contribution in [0.2, 0.25) is 0 Å². The van der Waals surface area contributed by atoms with Gasteiger partial charge in [0.05, 0.1) is 11.5 Å². The van der Waals surface area contributed by atoms with Crippen LogP contribution in [0.15, 0.2) is 29.2 Å². The molecule has 0 bridgehead atoms. The molecule has 0 heterocycles. The van der Waals surface area contributed by atoms with Crippen LogP contribution in [0.4, 0.5) is 0 Å². The molecule has 3 nitrogen and oxygen atoms in total. The molecule has 2 rings (SSSR count). The highest BCUT2D eigenvalue weighted by Crippen LogP contribution is 2.26. The van der Waals surface area contributed by atoms with Crippen molar-refractivity contribution >= 4 is 19.7 Å². The highest BCUT2D eigenvalue weighted by molar-refractivity contribution is 8.13. The van der Waals surface area contributed by atoms with E-state index in [1.54, 1.807) is 12.1 Å². The summed E-state index contributed by atoms with van der Waals surface area (Å²) in [6, 6.07) is 6.24. The summed E-state index contributed by atoms with van der Waals surface area (Å²) in [4.78, 5) is 0.105. The van der Waals surface area contributed by atoms with Gasteiger partial charge in [0.1, 0.15) is 5.75 Å². The highest BCUT2D eigenvalue weighted by Gasteiger charge is 2.13. The fourth-order valence-corrected chi connectivity index (χ4v) is 3.29. The first-order chi connectivity index (χ1) is 9.05. The molecule has 0 amide bonds. The van der Waals surface area contributed by atoms with Gasteiger partial charge in [0, 0.05) is 10.7 Å². The van der Waals surface area contributed by atoms with Crippen molar-refractivity contribution in [1.82, 2.24) is 0 Å².